The summed E-state index contributed by atoms with van der Waals surface area (Å²) in [5.74, 6) is 0.970. The zero-order valence-corrected chi connectivity index (χ0v) is 27.8. The van der Waals surface area contributed by atoms with Crippen LogP contribution in [0, 0.1) is 0 Å². The number of hydrogen-bond donors (Lipinski definition) is 3. The van der Waals surface area contributed by atoms with Crippen LogP contribution in [0.5, 0.6) is 0 Å². The van der Waals surface area contributed by atoms with Crippen LogP contribution in [0.1, 0.15) is 37.2 Å². The van der Waals surface area contributed by atoms with E-state index < -0.39 is 0 Å². The van der Waals surface area contributed by atoms with Crippen LogP contribution in [0.3, 0.4) is 0 Å². The smallest absolute Gasteiger partial charge is 0.328 e. The number of carbonyl (C=O) groups is 2. The first-order valence-electron chi connectivity index (χ1n) is 17.2. The first-order chi connectivity index (χ1) is 23.5. The number of rotatable bonds is 9. The van der Waals surface area contributed by atoms with Crippen LogP contribution in [0.4, 0.5) is 16.4 Å². The number of piperidine rings is 1. The molecule has 12 heteroatoms. The zero-order valence-electron chi connectivity index (χ0n) is 27.1. The SMILES string of the molecule is O=C1CCN(c2ccc(C3CN(C4CCN(CCN5CC[C@@H](Nc6ncc(Cl)c(-c7c[nH]c8ccccc78)n6)C5)CC4)C3)cc2)C(=O)N1. The number of carbonyl (C=O) groups excluding carboxylic acids is 2. The van der Waals surface area contributed by atoms with Gasteiger partial charge in [0.25, 0.3) is 0 Å². The summed E-state index contributed by atoms with van der Waals surface area (Å²) in [5.41, 5.74) is 4.98. The number of fused-ring (bicyclic) bond motifs is 1. The van der Waals surface area contributed by atoms with E-state index in [4.69, 9.17) is 16.6 Å². The lowest BCUT2D eigenvalue weighted by Crippen LogP contribution is -2.54. The molecular weight excluding hydrogens is 626 g/mol. The van der Waals surface area contributed by atoms with E-state index in [0.29, 0.717) is 41.9 Å². The van der Waals surface area contributed by atoms with E-state index >= 15 is 0 Å². The standard InChI is InChI=1S/C36H42ClN9O2/c37-31-20-39-35(42-34(31)30-19-38-32-4-2-1-3-29(30)32)40-26-9-13-44(23-26)18-17-43-14-10-27(11-15-43)45-21-25(22-45)24-5-7-28(8-6-24)46-16-12-33(47)41-36(46)48/h1-8,19-20,25-27,38H,9-18,21-23H2,(H,39,40,42)(H,41,47,48)/t26-/m1/s1. The van der Waals surface area contributed by atoms with Gasteiger partial charge in [-0.25, -0.2) is 14.8 Å². The number of aromatic amines is 1. The van der Waals surface area contributed by atoms with E-state index in [1.807, 2.05) is 30.5 Å². The molecule has 2 aromatic heterocycles. The van der Waals surface area contributed by atoms with Gasteiger partial charge in [0.2, 0.25) is 11.9 Å². The Kier molecular flexibility index (Phi) is 8.77. The highest BCUT2D eigenvalue weighted by Gasteiger charge is 2.35. The zero-order chi connectivity index (χ0) is 32.6. The predicted octanol–water partition coefficient (Wildman–Crippen LogP) is 4.77. The molecule has 2 aromatic carbocycles. The molecule has 3 N–H and O–H groups in total. The molecule has 1 atom stereocenters. The summed E-state index contributed by atoms with van der Waals surface area (Å²) in [4.78, 5) is 45.7. The Bertz CT molecular complexity index is 1780. The summed E-state index contributed by atoms with van der Waals surface area (Å²) < 4.78 is 0. The van der Waals surface area contributed by atoms with Crippen molar-refractivity contribution in [2.75, 3.05) is 69.1 Å². The van der Waals surface area contributed by atoms with Gasteiger partial charge < -0.3 is 15.2 Å². The summed E-state index contributed by atoms with van der Waals surface area (Å²) >= 11 is 6.55. The number of imide groups is 1. The quantitative estimate of drug-likeness (QED) is 0.234. The van der Waals surface area contributed by atoms with Crippen LogP contribution in [-0.2, 0) is 4.79 Å². The van der Waals surface area contributed by atoms with Crippen molar-refractivity contribution in [3.05, 3.63) is 71.5 Å². The van der Waals surface area contributed by atoms with Gasteiger partial charge in [-0.3, -0.25) is 24.8 Å². The highest BCUT2D eigenvalue weighted by Crippen LogP contribution is 2.34. The van der Waals surface area contributed by atoms with E-state index in [2.05, 4.69) is 59.6 Å². The molecule has 11 nitrogen and oxygen atoms in total. The molecule has 0 spiro atoms. The third-order valence-corrected chi connectivity index (χ3v) is 10.9. The lowest BCUT2D eigenvalue weighted by molar-refractivity contribution is -0.120. The second-order valence-electron chi connectivity index (χ2n) is 13.6. The predicted molar refractivity (Wildman–Crippen MR) is 189 cm³/mol. The van der Waals surface area contributed by atoms with Crippen LogP contribution in [0.15, 0.2) is 60.9 Å². The second-order valence-corrected chi connectivity index (χ2v) is 14.0. The van der Waals surface area contributed by atoms with Gasteiger partial charge in [0.05, 0.1) is 16.9 Å². The van der Waals surface area contributed by atoms with Crippen molar-refractivity contribution in [1.82, 2.24) is 35.0 Å². The average molecular weight is 668 g/mol. The number of hydrogen-bond acceptors (Lipinski definition) is 8. The summed E-state index contributed by atoms with van der Waals surface area (Å²) in [5, 5.41) is 7.62. The highest BCUT2D eigenvalue weighted by molar-refractivity contribution is 6.33. The van der Waals surface area contributed by atoms with Gasteiger partial charge in [-0.15, -0.1) is 0 Å². The fraction of sp³-hybridized carbons (Fsp3) is 0.444. The maximum Gasteiger partial charge on any atom is 0.328 e. The van der Waals surface area contributed by atoms with E-state index in [-0.39, 0.29) is 11.9 Å². The molecule has 4 saturated heterocycles. The van der Waals surface area contributed by atoms with E-state index in [0.717, 1.165) is 86.6 Å². The molecular formula is C36H42ClN9O2. The highest BCUT2D eigenvalue weighted by atomic mass is 35.5. The van der Waals surface area contributed by atoms with Gasteiger partial charge >= 0.3 is 6.03 Å². The second kappa shape index (κ2) is 13.5. The monoisotopic (exact) mass is 667 g/mol. The number of H-pyrrole nitrogens is 1. The van der Waals surface area contributed by atoms with Crippen LogP contribution >= 0.6 is 11.6 Å². The van der Waals surface area contributed by atoms with Crippen LogP contribution in [-0.4, -0.2) is 113 Å². The van der Waals surface area contributed by atoms with Crippen molar-refractivity contribution >= 4 is 46.1 Å². The number of urea groups is 1. The number of likely N-dealkylation sites (tertiary alicyclic amines) is 3. The van der Waals surface area contributed by atoms with E-state index in [1.165, 1.54) is 18.4 Å². The molecule has 4 aromatic rings. The number of nitrogens with one attached hydrogen (secondary N) is 3. The third kappa shape index (κ3) is 6.52. The largest absolute Gasteiger partial charge is 0.360 e. The fourth-order valence-electron chi connectivity index (χ4n) is 7.78. The Morgan fingerprint density at radius 1 is 0.896 bits per heavy atom. The van der Waals surface area contributed by atoms with Gasteiger partial charge in [-0.1, -0.05) is 41.9 Å². The normalized spacial score (nSPS) is 21.9. The molecule has 4 aliphatic rings. The molecule has 4 aliphatic heterocycles. The molecule has 0 radical (unpaired) electrons. The van der Waals surface area contributed by atoms with Gasteiger partial charge in [0.1, 0.15) is 0 Å². The van der Waals surface area contributed by atoms with Crippen molar-refractivity contribution < 1.29 is 9.59 Å². The van der Waals surface area contributed by atoms with Gasteiger partial charge in [-0.05, 0) is 56.1 Å². The maximum absolute atomic E-state index is 12.2. The molecule has 250 valence electrons. The van der Waals surface area contributed by atoms with Crippen LogP contribution in [0.25, 0.3) is 22.2 Å². The minimum absolute atomic E-state index is 0.204. The Morgan fingerprint density at radius 2 is 1.67 bits per heavy atom. The van der Waals surface area contributed by atoms with Gasteiger partial charge in [0, 0.05) is 98.6 Å². The summed E-state index contributed by atoms with van der Waals surface area (Å²) in [7, 11) is 0. The van der Waals surface area contributed by atoms with Gasteiger partial charge in [0.15, 0.2) is 0 Å². The molecule has 6 heterocycles. The summed E-state index contributed by atoms with van der Waals surface area (Å²) in [6, 6.07) is 17.2. The lowest BCUT2D eigenvalue weighted by atomic mass is 9.88. The Balaban J connectivity index is 0.759. The number of amides is 3. The van der Waals surface area contributed by atoms with Crippen molar-refractivity contribution in [2.24, 2.45) is 0 Å². The average Bonchev–Trinajstić information content (AvgIpc) is 3.72. The maximum atomic E-state index is 12.2. The van der Waals surface area contributed by atoms with Crippen molar-refractivity contribution in [1.29, 1.82) is 0 Å². The topological polar surface area (TPSA) is 113 Å². The Labute approximate surface area is 285 Å². The summed E-state index contributed by atoms with van der Waals surface area (Å²) in [6.07, 6.45) is 7.54. The lowest BCUT2D eigenvalue weighted by Gasteiger charge is -2.47. The van der Waals surface area contributed by atoms with E-state index in [1.54, 1.807) is 11.1 Å². The molecule has 48 heavy (non-hydrogen) atoms. The Morgan fingerprint density at radius 3 is 2.48 bits per heavy atom. The molecule has 0 aliphatic carbocycles. The minimum Gasteiger partial charge on any atom is -0.360 e. The minimum atomic E-state index is -0.331. The van der Waals surface area contributed by atoms with Gasteiger partial charge in [-0.2, -0.15) is 0 Å². The van der Waals surface area contributed by atoms with Crippen molar-refractivity contribution in [2.45, 2.75) is 43.7 Å². The molecule has 0 unspecified atom stereocenters. The summed E-state index contributed by atoms with van der Waals surface area (Å²) in [6.45, 7) is 9.23. The number of aromatic nitrogens is 3. The van der Waals surface area contributed by atoms with Crippen molar-refractivity contribution in [3.8, 4) is 11.3 Å². The van der Waals surface area contributed by atoms with Crippen LogP contribution < -0.4 is 15.5 Å². The molecule has 4 fully saturated rings. The number of halogens is 1. The molecule has 3 amide bonds. The molecule has 0 bridgehead atoms. The number of anilines is 2. The number of para-hydroxylation sites is 1. The van der Waals surface area contributed by atoms with Crippen molar-refractivity contribution in [3.63, 3.8) is 0 Å². The third-order valence-electron chi connectivity index (χ3n) is 10.6. The number of benzene rings is 2. The fourth-order valence-corrected chi connectivity index (χ4v) is 7.97. The molecule has 0 saturated carbocycles. The first kappa shape index (κ1) is 31.3. The first-order valence-corrected chi connectivity index (χ1v) is 17.6. The van der Waals surface area contributed by atoms with Crippen LogP contribution in [0.2, 0.25) is 5.02 Å². The molecule has 8 rings (SSSR count). The van der Waals surface area contributed by atoms with E-state index in [9.17, 15) is 9.59 Å². The Hall–Kier alpha value is -4.03. The number of nitrogens with zero attached hydrogens (tertiary/aromatic N) is 6.